The number of carbonyl (C=O) groups is 1. The number of terminal acetylenes is 1. The summed E-state index contributed by atoms with van der Waals surface area (Å²) in [5, 5.41) is 2.32. The molecule has 2 heterocycles. The summed E-state index contributed by atoms with van der Waals surface area (Å²) in [5.41, 5.74) is 4.26. The number of aromatic nitrogens is 1. The normalized spacial score (nSPS) is 24.6. The van der Waals surface area contributed by atoms with Gasteiger partial charge in [-0.25, -0.2) is 22.5 Å². The van der Waals surface area contributed by atoms with Crippen LogP contribution in [0.15, 0.2) is 29.4 Å². The van der Waals surface area contributed by atoms with E-state index in [0.29, 0.717) is 23.1 Å². The van der Waals surface area contributed by atoms with Crippen LogP contribution in [0.25, 0.3) is 0 Å². The molecule has 3 rings (SSSR count). The van der Waals surface area contributed by atoms with Crippen LogP contribution >= 0.6 is 11.8 Å². The fourth-order valence-corrected chi connectivity index (χ4v) is 5.24. The van der Waals surface area contributed by atoms with Gasteiger partial charge in [-0.05, 0) is 45.4 Å². The van der Waals surface area contributed by atoms with Crippen LogP contribution in [0.2, 0.25) is 0 Å². The van der Waals surface area contributed by atoms with Crippen molar-refractivity contribution in [3.63, 3.8) is 0 Å². The van der Waals surface area contributed by atoms with Gasteiger partial charge in [0.25, 0.3) is 12.3 Å². The van der Waals surface area contributed by atoms with Crippen LogP contribution in [0.5, 0.6) is 5.75 Å². The van der Waals surface area contributed by atoms with Crippen LogP contribution in [-0.4, -0.2) is 33.3 Å². The Hall–Kier alpha value is -3.26. The highest BCUT2D eigenvalue weighted by atomic mass is 32.2. The summed E-state index contributed by atoms with van der Waals surface area (Å²) >= 11 is 0.694. The van der Waals surface area contributed by atoms with Gasteiger partial charge in [0.15, 0.2) is 22.9 Å². The van der Waals surface area contributed by atoms with Gasteiger partial charge in [0, 0.05) is 23.2 Å². The van der Waals surface area contributed by atoms with Gasteiger partial charge in [-0.3, -0.25) is 9.79 Å². The molecule has 1 aromatic carbocycles. The van der Waals surface area contributed by atoms with Crippen LogP contribution < -0.4 is 15.8 Å². The standard InChI is InChI=1S/C25H26F4N4O2S/c1-7-13(3)35-16-8-12(2)20(31-11-16)21(34)32-15-9-17(19(27)18(26)10-15)24(5)14(4)25(6,22(28)29)36-23(30)33-24/h1,8-11,13-14,22H,2-6H3,(H2,30,33)(H,32,34)/t13-,14?,24-,25-/m0/s1. The van der Waals surface area contributed by atoms with Crippen LogP contribution in [0.3, 0.4) is 0 Å². The van der Waals surface area contributed by atoms with Gasteiger partial charge < -0.3 is 15.8 Å². The van der Waals surface area contributed by atoms with Crippen molar-refractivity contribution in [1.82, 2.24) is 4.98 Å². The van der Waals surface area contributed by atoms with Gasteiger partial charge in [-0.15, -0.1) is 6.42 Å². The van der Waals surface area contributed by atoms with Crippen molar-refractivity contribution in [3.05, 3.63) is 52.9 Å². The van der Waals surface area contributed by atoms with Gasteiger partial charge in [0.1, 0.15) is 11.4 Å². The average Bonchev–Trinajstić information content (AvgIpc) is 2.79. The number of rotatable bonds is 6. The second kappa shape index (κ2) is 10.0. The number of amidine groups is 1. The van der Waals surface area contributed by atoms with Crippen molar-refractivity contribution in [1.29, 1.82) is 0 Å². The Morgan fingerprint density at radius 3 is 2.56 bits per heavy atom. The molecule has 0 aliphatic carbocycles. The summed E-state index contributed by atoms with van der Waals surface area (Å²) in [6.07, 6.45) is 3.30. The van der Waals surface area contributed by atoms with Crippen molar-refractivity contribution in [2.24, 2.45) is 16.6 Å². The number of thioether (sulfide) groups is 1. The second-order valence-corrected chi connectivity index (χ2v) is 10.4. The van der Waals surface area contributed by atoms with Crippen LogP contribution in [0, 0.1) is 36.8 Å². The highest BCUT2D eigenvalue weighted by Crippen LogP contribution is 2.53. The number of pyridine rings is 1. The van der Waals surface area contributed by atoms with E-state index in [0.717, 1.165) is 6.07 Å². The first-order valence-corrected chi connectivity index (χ1v) is 11.8. The Balaban J connectivity index is 1.98. The molecule has 0 saturated carbocycles. The number of aryl methyl sites for hydroxylation is 1. The van der Waals surface area contributed by atoms with E-state index < -0.39 is 46.3 Å². The minimum atomic E-state index is -2.81. The zero-order valence-corrected chi connectivity index (χ0v) is 21.1. The van der Waals surface area contributed by atoms with Gasteiger partial charge >= 0.3 is 0 Å². The summed E-state index contributed by atoms with van der Waals surface area (Å²) < 4.78 is 61.4. The van der Waals surface area contributed by atoms with Crippen molar-refractivity contribution >= 4 is 28.5 Å². The molecule has 1 aliphatic heterocycles. The number of nitrogens with two attached hydrogens (primary N) is 1. The zero-order chi connectivity index (χ0) is 27.0. The lowest BCUT2D eigenvalue weighted by molar-refractivity contribution is 0.0571. The summed E-state index contributed by atoms with van der Waals surface area (Å²) in [5.74, 6) is -1.42. The van der Waals surface area contributed by atoms with Gasteiger partial charge in [-0.2, -0.15) is 0 Å². The van der Waals surface area contributed by atoms with E-state index >= 15 is 4.39 Å². The number of aliphatic imine (C=N–C) groups is 1. The highest BCUT2D eigenvalue weighted by Gasteiger charge is 2.54. The first-order valence-electron chi connectivity index (χ1n) is 11.0. The topological polar surface area (TPSA) is 89.6 Å². The molecule has 0 radical (unpaired) electrons. The molecule has 0 saturated heterocycles. The van der Waals surface area contributed by atoms with Crippen molar-refractivity contribution in [2.75, 3.05) is 5.32 Å². The third kappa shape index (κ3) is 5.00. The molecule has 4 atom stereocenters. The van der Waals surface area contributed by atoms with Crippen molar-refractivity contribution < 1.29 is 27.1 Å². The number of anilines is 1. The van der Waals surface area contributed by atoms with E-state index in [1.165, 1.54) is 33.0 Å². The van der Waals surface area contributed by atoms with E-state index in [4.69, 9.17) is 16.9 Å². The average molecular weight is 523 g/mol. The SMILES string of the molecule is C#C[C@H](C)Oc1cnc(C(=O)Nc2cc(F)c(F)c([C@@]3(C)N=C(N)S[C@](C)(C(F)F)C3C)c2)c(C)c1. The lowest BCUT2D eigenvalue weighted by Gasteiger charge is -2.46. The number of amides is 1. The molecule has 3 N–H and O–H groups in total. The Bertz CT molecular complexity index is 1270. The molecule has 1 unspecified atom stereocenters. The number of benzene rings is 1. The van der Waals surface area contributed by atoms with Crippen LogP contribution in [0.4, 0.5) is 23.2 Å². The van der Waals surface area contributed by atoms with E-state index in [1.54, 1.807) is 19.9 Å². The first-order chi connectivity index (χ1) is 16.7. The number of nitrogens with zero attached hydrogens (tertiary/aromatic N) is 2. The molecule has 1 aromatic heterocycles. The quantitative estimate of drug-likeness (QED) is 0.399. The summed E-state index contributed by atoms with van der Waals surface area (Å²) in [6.45, 7) is 7.49. The zero-order valence-electron chi connectivity index (χ0n) is 20.3. The molecule has 0 fully saturated rings. The number of ether oxygens (including phenoxy) is 1. The summed E-state index contributed by atoms with van der Waals surface area (Å²) in [6, 6.07) is 3.54. The molecule has 2 aromatic rings. The van der Waals surface area contributed by atoms with E-state index in [9.17, 15) is 18.0 Å². The molecule has 36 heavy (non-hydrogen) atoms. The Morgan fingerprint density at radius 1 is 1.31 bits per heavy atom. The minimum Gasteiger partial charge on any atom is -0.476 e. The maximum Gasteiger partial charge on any atom is 0.274 e. The first kappa shape index (κ1) is 27.3. The van der Waals surface area contributed by atoms with Crippen LogP contribution in [0.1, 0.15) is 49.3 Å². The molecule has 192 valence electrons. The number of alkyl halides is 2. The maximum absolute atomic E-state index is 15.0. The monoisotopic (exact) mass is 522 g/mol. The van der Waals surface area contributed by atoms with Gasteiger partial charge in [-0.1, -0.05) is 24.6 Å². The molecule has 6 nitrogen and oxygen atoms in total. The molecule has 0 bridgehead atoms. The Kier molecular flexibility index (Phi) is 7.60. The second-order valence-electron chi connectivity index (χ2n) is 8.94. The largest absolute Gasteiger partial charge is 0.476 e. The minimum absolute atomic E-state index is 0.0168. The lowest BCUT2D eigenvalue weighted by atomic mass is 9.73. The van der Waals surface area contributed by atoms with Crippen molar-refractivity contribution in [3.8, 4) is 18.1 Å². The number of hydrogen-bond acceptors (Lipinski definition) is 6. The number of carbonyl (C=O) groups excluding carboxylic acids is 1. The fourth-order valence-electron chi connectivity index (χ4n) is 4.06. The Morgan fingerprint density at radius 2 is 1.97 bits per heavy atom. The molecular weight excluding hydrogens is 496 g/mol. The molecular formula is C25H26F4N4O2S. The van der Waals surface area contributed by atoms with E-state index in [2.05, 4.69) is 21.2 Å². The summed E-state index contributed by atoms with van der Waals surface area (Å²) in [7, 11) is 0. The maximum atomic E-state index is 15.0. The van der Waals surface area contributed by atoms with E-state index in [1.807, 2.05) is 0 Å². The number of hydrogen-bond donors (Lipinski definition) is 2. The fraction of sp³-hybridized carbons (Fsp3) is 0.400. The predicted octanol–water partition coefficient (Wildman–Crippen LogP) is 5.26. The molecule has 0 spiro atoms. The van der Waals surface area contributed by atoms with Crippen molar-refractivity contribution in [2.45, 2.75) is 57.4 Å². The Labute approximate surface area is 211 Å². The third-order valence-corrected chi connectivity index (χ3v) is 7.72. The molecule has 1 amide bonds. The third-order valence-electron chi connectivity index (χ3n) is 6.45. The molecule has 11 heteroatoms. The predicted molar refractivity (Wildman–Crippen MR) is 132 cm³/mol. The van der Waals surface area contributed by atoms with Crippen LogP contribution in [-0.2, 0) is 5.54 Å². The molecule has 1 aliphatic rings. The smallest absolute Gasteiger partial charge is 0.274 e. The lowest BCUT2D eigenvalue weighted by Crippen LogP contribution is -2.52. The van der Waals surface area contributed by atoms with Gasteiger partial charge in [0.2, 0.25) is 0 Å². The van der Waals surface area contributed by atoms with E-state index in [-0.39, 0.29) is 22.1 Å². The number of nitrogens with one attached hydrogen (secondary N) is 1. The van der Waals surface area contributed by atoms with Gasteiger partial charge in [0.05, 0.1) is 16.5 Å². The highest BCUT2D eigenvalue weighted by molar-refractivity contribution is 8.15. The summed E-state index contributed by atoms with van der Waals surface area (Å²) in [4.78, 5) is 21.2. The number of halogens is 4.